The predicted molar refractivity (Wildman–Crippen MR) is 106 cm³/mol. The Kier molecular flexibility index (Phi) is 5.50. The van der Waals surface area contributed by atoms with E-state index in [2.05, 4.69) is 10.6 Å². The molecule has 144 valence electrons. The monoisotopic (exact) mass is 378 g/mol. The van der Waals surface area contributed by atoms with Crippen LogP contribution in [0.4, 0.5) is 11.4 Å². The maximum absolute atomic E-state index is 13.0. The van der Waals surface area contributed by atoms with Gasteiger partial charge >= 0.3 is 0 Å². The number of hydrogen-bond acceptors (Lipinski definition) is 4. The molecular formula is C22H22N2O4. The molecule has 2 aromatic carbocycles. The summed E-state index contributed by atoms with van der Waals surface area (Å²) >= 11 is 0. The highest BCUT2D eigenvalue weighted by molar-refractivity contribution is 6.13. The van der Waals surface area contributed by atoms with E-state index >= 15 is 0 Å². The molecule has 2 amide bonds. The zero-order valence-electron chi connectivity index (χ0n) is 15.4. The summed E-state index contributed by atoms with van der Waals surface area (Å²) in [4.78, 5) is 26.1. The Morgan fingerprint density at radius 3 is 1.39 bits per heavy atom. The molecule has 0 spiro atoms. The van der Waals surface area contributed by atoms with Gasteiger partial charge in [0.2, 0.25) is 0 Å². The number of ether oxygens (including phenoxy) is 2. The summed E-state index contributed by atoms with van der Waals surface area (Å²) in [5, 5.41) is 5.79. The lowest BCUT2D eigenvalue weighted by atomic mass is 9.97. The van der Waals surface area contributed by atoms with Crippen LogP contribution < -0.4 is 10.6 Å². The van der Waals surface area contributed by atoms with E-state index in [4.69, 9.17) is 9.47 Å². The highest BCUT2D eigenvalue weighted by atomic mass is 16.6. The van der Waals surface area contributed by atoms with Crippen LogP contribution >= 0.6 is 0 Å². The molecule has 2 aromatic rings. The van der Waals surface area contributed by atoms with E-state index in [1.807, 2.05) is 60.7 Å². The molecule has 2 unspecified atom stereocenters. The second kappa shape index (κ2) is 8.37. The van der Waals surface area contributed by atoms with E-state index in [9.17, 15) is 9.59 Å². The van der Waals surface area contributed by atoms with Crippen LogP contribution in [0.15, 0.2) is 71.8 Å². The van der Waals surface area contributed by atoms with Crippen LogP contribution in [-0.2, 0) is 19.1 Å². The molecule has 0 bridgehead atoms. The highest BCUT2D eigenvalue weighted by Gasteiger charge is 2.34. The molecule has 2 fully saturated rings. The summed E-state index contributed by atoms with van der Waals surface area (Å²) in [7, 11) is 0. The second-order valence-corrected chi connectivity index (χ2v) is 6.92. The number of para-hydroxylation sites is 2. The molecule has 2 saturated heterocycles. The van der Waals surface area contributed by atoms with E-state index < -0.39 is 0 Å². The fourth-order valence-electron chi connectivity index (χ4n) is 2.99. The molecular weight excluding hydrogens is 356 g/mol. The minimum absolute atomic E-state index is 0.0174. The SMILES string of the molecule is O=C(Nc1ccccc1)/C(CC1CO1)=C(/CC1CO1)C(=O)Nc1ccccc1. The number of anilines is 2. The first-order valence-electron chi connectivity index (χ1n) is 9.37. The third-order valence-corrected chi connectivity index (χ3v) is 4.64. The number of amides is 2. The van der Waals surface area contributed by atoms with Crippen molar-refractivity contribution >= 4 is 23.2 Å². The van der Waals surface area contributed by atoms with Crippen LogP contribution in [-0.4, -0.2) is 37.2 Å². The smallest absolute Gasteiger partial charge is 0.252 e. The molecule has 6 nitrogen and oxygen atoms in total. The third kappa shape index (κ3) is 5.06. The van der Waals surface area contributed by atoms with Gasteiger partial charge in [0.1, 0.15) is 0 Å². The molecule has 2 aliphatic heterocycles. The Labute approximate surface area is 163 Å². The summed E-state index contributed by atoms with van der Waals surface area (Å²) < 4.78 is 10.7. The number of benzene rings is 2. The van der Waals surface area contributed by atoms with Gasteiger partial charge in [-0.25, -0.2) is 0 Å². The second-order valence-electron chi connectivity index (χ2n) is 6.92. The van der Waals surface area contributed by atoms with Crippen molar-refractivity contribution in [2.75, 3.05) is 23.8 Å². The first-order valence-corrected chi connectivity index (χ1v) is 9.37. The minimum atomic E-state index is -0.277. The van der Waals surface area contributed by atoms with Gasteiger partial charge in [-0.3, -0.25) is 9.59 Å². The van der Waals surface area contributed by atoms with Crippen molar-refractivity contribution < 1.29 is 19.1 Å². The number of carbonyl (C=O) groups is 2. The largest absolute Gasteiger partial charge is 0.373 e. The van der Waals surface area contributed by atoms with Crippen molar-refractivity contribution in [3.8, 4) is 0 Å². The van der Waals surface area contributed by atoms with Crippen LogP contribution in [0.1, 0.15) is 12.8 Å². The van der Waals surface area contributed by atoms with Crippen molar-refractivity contribution in [2.24, 2.45) is 0 Å². The predicted octanol–water partition coefficient (Wildman–Crippen LogP) is 3.14. The Morgan fingerprint density at radius 2 is 1.07 bits per heavy atom. The Balaban J connectivity index is 1.61. The number of carbonyl (C=O) groups excluding carboxylic acids is 2. The number of nitrogens with one attached hydrogen (secondary N) is 2. The molecule has 0 aromatic heterocycles. The fourth-order valence-corrected chi connectivity index (χ4v) is 2.99. The summed E-state index contributed by atoms with van der Waals surface area (Å²) in [6.45, 7) is 1.21. The van der Waals surface area contributed by atoms with Gasteiger partial charge in [0.25, 0.3) is 11.8 Å². The van der Waals surface area contributed by atoms with E-state index in [0.717, 1.165) is 0 Å². The molecule has 4 rings (SSSR count). The van der Waals surface area contributed by atoms with Crippen LogP contribution in [0.2, 0.25) is 0 Å². The molecule has 28 heavy (non-hydrogen) atoms. The molecule has 2 N–H and O–H groups in total. The first-order chi connectivity index (χ1) is 13.7. The first kappa shape index (κ1) is 18.4. The topological polar surface area (TPSA) is 83.3 Å². The molecule has 2 heterocycles. The van der Waals surface area contributed by atoms with Crippen molar-refractivity contribution in [1.82, 2.24) is 0 Å². The normalized spacial score (nSPS) is 20.7. The zero-order valence-corrected chi connectivity index (χ0v) is 15.4. The van der Waals surface area contributed by atoms with Crippen LogP contribution in [0.3, 0.4) is 0 Å². The van der Waals surface area contributed by atoms with Gasteiger partial charge in [-0.15, -0.1) is 0 Å². The van der Waals surface area contributed by atoms with Gasteiger partial charge in [0.05, 0.1) is 25.4 Å². The maximum atomic E-state index is 13.0. The molecule has 2 atom stereocenters. The lowest BCUT2D eigenvalue weighted by molar-refractivity contribution is -0.115. The van der Waals surface area contributed by atoms with Crippen molar-refractivity contribution in [2.45, 2.75) is 25.0 Å². The minimum Gasteiger partial charge on any atom is -0.373 e. The van der Waals surface area contributed by atoms with Gasteiger partial charge in [0.15, 0.2) is 0 Å². The van der Waals surface area contributed by atoms with Crippen LogP contribution in [0.5, 0.6) is 0 Å². The Hall–Kier alpha value is -2.96. The lowest BCUT2D eigenvalue weighted by Gasteiger charge is -2.15. The lowest BCUT2D eigenvalue weighted by Crippen LogP contribution is -2.24. The highest BCUT2D eigenvalue weighted by Crippen LogP contribution is 2.29. The van der Waals surface area contributed by atoms with Crippen molar-refractivity contribution in [3.05, 3.63) is 71.8 Å². The molecule has 2 aliphatic rings. The quantitative estimate of drug-likeness (QED) is 0.546. The third-order valence-electron chi connectivity index (χ3n) is 4.64. The van der Waals surface area contributed by atoms with E-state index in [1.54, 1.807) is 0 Å². The Morgan fingerprint density at radius 1 is 0.714 bits per heavy atom. The van der Waals surface area contributed by atoms with Crippen molar-refractivity contribution in [3.63, 3.8) is 0 Å². The van der Waals surface area contributed by atoms with Gasteiger partial charge in [-0.1, -0.05) is 36.4 Å². The van der Waals surface area contributed by atoms with Crippen molar-refractivity contribution in [1.29, 1.82) is 0 Å². The van der Waals surface area contributed by atoms with Gasteiger partial charge in [-0.05, 0) is 24.3 Å². The summed E-state index contributed by atoms with van der Waals surface area (Å²) in [5.41, 5.74) is 2.28. The molecule has 0 saturated carbocycles. The summed E-state index contributed by atoms with van der Waals surface area (Å²) in [5.74, 6) is -0.555. The maximum Gasteiger partial charge on any atom is 0.252 e. The number of epoxide rings is 2. The van der Waals surface area contributed by atoms with Crippen LogP contribution in [0, 0.1) is 0 Å². The average Bonchev–Trinajstić information content (AvgIpc) is 3.62. The molecule has 0 aliphatic carbocycles. The van der Waals surface area contributed by atoms with Crippen LogP contribution in [0.25, 0.3) is 0 Å². The fraction of sp³-hybridized carbons (Fsp3) is 0.273. The zero-order chi connectivity index (χ0) is 19.3. The number of rotatable bonds is 8. The van der Waals surface area contributed by atoms with Gasteiger partial charge in [0, 0.05) is 35.4 Å². The van der Waals surface area contributed by atoms with E-state index in [0.29, 0.717) is 48.6 Å². The number of hydrogen-bond donors (Lipinski definition) is 2. The molecule has 6 heteroatoms. The summed E-state index contributed by atoms with van der Waals surface area (Å²) in [6, 6.07) is 18.4. The van der Waals surface area contributed by atoms with Gasteiger partial charge in [-0.2, -0.15) is 0 Å². The average molecular weight is 378 g/mol. The Bertz CT molecular complexity index is 798. The standard InChI is InChI=1S/C22H22N2O4/c25-21(23-15-7-3-1-4-8-15)19(11-17-13-27-17)20(12-18-14-28-18)22(26)24-16-9-5-2-6-10-16/h1-10,17-18H,11-14H2,(H,23,25)(H,24,26)/b20-19-. The summed E-state index contributed by atoms with van der Waals surface area (Å²) in [6.07, 6.45) is 0.776. The van der Waals surface area contributed by atoms with E-state index in [-0.39, 0.29) is 24.0 Å². The van der Waals surface area contributed by atoms with E-state index in [1.165, 1.54) is 0 Å². The molecule has 0 radical (unpaired) electrons. The van der Waals surface area contributed by atoms with Gasteiger partial charge < -0.3 is 20.1 Å².